The van der Waals surface area contributed by atoms with Crippen LogP contribution in [0.1, 0.15) is 51.7 Å². The van der Waals surface area contributed by atoms with E-state index >= 15 is 8.78 Å². The number of aromatic nitrogens is 5. The summed E-state index contributed by atoms with van der Waals surface area (Å²) < 4.78 is 33.1. The van der Waals surface area contributed by atoms with Crippen molar-refractivity contribution in [3.63, 3.8) is 0 Å². The van der Waals surface area contributed by atoms with Gasteiger partial charge in [0.15, 0.2) is 17.3 Å². The summed E-state index contributed by atoms with van der Waals surface area (Å²) in [5, 5.41) is 15.1. The van der Waals surface area contributed by atoms with Gasteiger partial charge in [0.05, 0.1) is 30.7 Å². The van der Waals surface area contributed by atoms with Crippen LogP contribution in [-0.2, 0) is 19.9 Å². The largest absolute Gasteiger partial charge is 0.391 e. The molecule has 0 radical (unpaired) electrons. The quantitative estimate of drug-likeness (QED) is 0.293. The van der Waals surface area contributed by atoms with Crippen molar-refractivity contribution in [1.82, 2.24) is 24.7 Å². The average molecular weight is 509 g/mol. The number of hydrogen-bond donors (Lipinski definition) is 1. The molecule has 0 aliphatic rings. The Balaban J connectivity index is 1.84. The van der Waals surface area contributed by atoms with Gasteiger partial charge in [-0.15, -0.1) is 0 Å². The van der Waals surface area contributed by atoms with Gasteiger partial charge in [0.1, 0.15) is 17.0 Å². The maximum atomic E-state index is 15.7. The smallest absolute Gasteiger partial charge is 0.180 e. The normalized spacial score (nSPS) is 12.5. The third-order valence-corrected chi connectivity index (χ3v) is 6.50. The lowest BCUT2D eigenvalue weighted by Crippen LogP contribution is -2.31. The second-order valence-electron chi connectivity index (χ2n) is 9.78. The molecule has 0 amide bonds. The molecule has 1 aromatic carbocycles. The van der Waals surface area contributed by atoms with Crippen LogP contribution in [0.15, 0.2) is 36.8 Å². The van der Waals surface area contributed by atoms with Gasteiger partial charge >= 0.3 is 0 Å². The van der Waals surface area contributed by atoms with Crippen LogP contribution >= 0.6 is 0 Å². The molecule has 3 heterocycles. The summed E-state index contributed by atoms with van der Waals surface area (Å²) in [5.74, 6) is -0.579. The minimum absolute atomic E-state index is 0.00882. The Hall–Kier alpha value is -3.46. The molecule has 7 nitrogen and oxygen atoms in total. The van der Waals surface area contributed by atoms with Crippen LogP contribution in [0.4, 0.5) is 20.3 Å². The zero-order valence-corrected chi connectivity index (χ0v) is 22.0. The summed E-state index contributed by atoms with van der Waals surface area (Å²) >= 11 is 0. The minimum atomic E-state index is -0.804. The van der Waals surface area contributed by atoms with E-state index in [-0.39, 0.29) is 12.2 Å². The van der Waals surface area contributed by atoms with E-state index in [9.17, 15) is 5.11 Å². The predicted molar refractivity (Wildman–Crippen MR) is 142 cm³/mol. The number of aliphatic hydroxyl groups excluding tert-OH is 1. The first kappa shape index (κ1) is 26.6. The van der Waals surface area contributed by atoms with E-state index in [4.69, 9.17) is 0 Å². The van der Waals surface area contributed by atoms with E-state index in [0.29, 0.717) is 59.0 Å². The van der Waals surface area contributed by atoms with E-state index in [0.717, 1.165) is 12.0 Å². The van der Waals surface area contributed by atoms with Gasteiger partial charge < -0.3 is 10.0 Å². The second kappa shape index (κ2) is 11.3. The lowest BCUT2D eigenvalue weighted by atomic mass is 10.0. The van der Waals surface area contributed by atoms with Gasteiger partial charge in [-0.05, 0) is 60.9 Å². The molecule has 0 aliphatic carbocycles. The van der Waals surface area contributed by atoms with E-state index in [1.807, 2.05) is 27.1 Å². The van der Waals surface area contributed by atoms with Crippen molar-refractivity contribution in [3.05, 3.63) is 59.6 Å². The number of aryl methyl sites for hydroxylation is 3. The number of pyridine rings is 1. The van der Waals surface area contributed by atoms with Crippen molar-refractivity contribution >= 4 is 22.7 Å². The molecule has 0 aliphatic heterocycles. The van der Waals surface area contributed by atoms with Crippen LogP contribution < -0.4 is 4.90 Å². The molecule has 3 aromatic heterocycles. The zero-order valence-electron chi connectivity index (χ0n) is 22.0. The van der Waals surface area contributed by atoms with Crippen molar-refractivity contribution in [2.75, 3.05) is 11.4 Å². The van der Waals surface area contributed by atoms with Gasteiger partial charge in [-0.2, -0.15) is 5.10 Å². The Morgan fingerprint density at radius 1 is 1.00 bits per heavy atom. The second-order valence-corrected chi connectivity index (χ2v) is 9.78. The Kier molecular flexibility index (Phi) is 8.12. The van der Waals surface area contributed by atoms with Crippen molar-refractivity contribution in [2.24, 2.45) is 13.0 Å². The number of benzene rings is 1. The fraction of sp³-hybridized carbons (Fsp3) is 0.429. The van der Waals surface area contributed by atoms with Gasteiger partial charge in [-0.25, -0.2) is 18.7 Å². The van der Waals surface area contributed by atoms with Crippen LogP contribution in [0.25, 0.3) is 22.4 Å². The van der Waals surface area contributed by atoms with Crippen molar-refractivity contribution < 1.29 is 13.9 Å². The van der Waals surface area contributed by atoms with Crippen LogP contribution in [-0.4, -0.2) is 42.5 Å². The third-order valence-electron chi connectivity index (χ3n) is 6.50. The summed E-state index contributed by atoms with van der Waals surface area (Å²) in [7, 11) is 1.81. The summed E-state index contributed by atoms with van der Waals surface area (Å²) in [4.78, 5) is 15.2. The number of anilines is 2. The van der Waals surface area contributed by atoms with Gasteiger partial charge in [0, 0.05) is 18.8 Å². The minimum Gasteiger partial charge on any atom is -0.391 e. The molecule has 0 fully saturated rings. The molecule has 37 heavy (non-hydrogen) atoms. The topological polar surface area (TPSA) is 80.0 Å². The maximum absolute atomic E-state index is 15.7. The molecule has 0 saturated carbocycles. The Morgan fingerprint density at radius 2 is 1.70 bits per heavy atom. The SMILES string of the molecule is CCc1cc(CC)c(F)c(N(CC(O)CCC(C)C)c2ccc3ncc(-c4cnn(C)c4)nc3n2)c1F. The molecule has 4 rings (SSSR count). The lowest BCUT2D eigenvalue weighted by molar-refractivity contribution is 0.164. The molecule has 0 spiro atoms. The van der Waals surface area contributed by atoms with Crippen LogP contribution in [0.3, 0.4) is 0 Å². The lowest BCUT2D eigenvalue weighted by Gasteiger charge is -2.29. The molecule has 9 heteroatoms. The fourth-order valence-corrected chi connectivity index (χ4v) is 4.35. The summed E-state index contributed by atoms with van der Waals surface area (Å²) in [5.41, 5.74) is 2.92. The monoisotopic (exact) mass is 508 g/mol. The zero-order chi connectivity index (χ0) is 26.7. The van der Waals surface area contributed by atoms with Crippen LogP contribution in [0, 0.1) is 17.6 Å². The first-order valence-corrected chi connectivity index (χ1v) is 12.8. The first-order valence-electron chi connectivity index (χ1n) is 12.8. The van der Waals surface area contributed by atoms with Crippen molar-refractivity contribution in [1.29, 1.82) is 0 Å². The van der Waals surface area contributed by atoms with E-state index in [1.165, 1.54) is 4.90 Å². The highest BCUT2D eigenvalue weighted by molar-refractivity contribution is 5.77. The fourth-order valence-electron chi connectivity index (χ4n) is 4.35. The molecule has 4 aromatic rings. The van der Waals surface area contributed by atoms with Crippen molar-refractivity contribution in [2.45, 2.75) is 59.5 Å². The van der Waals surface area contributed by atoms with Gasteiger partial charge in [-0.3, -0.25) is 9.67 Å². The molecular formula is C28H34F2N6O. The highest BCUT2D eigenvalue weighted by Gasteiger charge is 2.26. The third kappa shape index (κ3) is 5.77. The van der Waals surface area contributed by atoms with Gasteiger partial charge in [0.2, 0.25) is 0 Å². The Morgan fingerprint density at radius 3 is 2.30 bits per heavy atom. The molecule has 1 unspecified atom stereocenters. The number of aliphatic hydroxyl groups is 1. The number of halogens is 2. The van der Waals surface area contributed by atoms with Crippen LogP contribution in [0.2, 0.25) is 0 Å². The van der Waals surface area contributed by atoms with E-state index in [1.54, 1.807) is 35.3 Å². The highest BCUT2D eigenvalue weighted by atomic mass is 19.1. The molecule has 0 saturated heterocycles. The molecule has 0 bridgehead atoms. The molecule has 196 valence electrons. The predicted octanol–water partition coefficient (Wildman–Crippen LogP) is 5.76. The summed E-state index contributed by atoms with van der Waals surface area (Å²) in [6.45, 7) is 7.82. The number of nitrogens with zero attached hydrogens (tertiary/aromatic N) is 6. The maximum Gasteiger partial charge on any atom is 0.180 e. The van der Waals surface area contributed by atoms with Gasteiger partial charge in [0.25, 0.3) is 0 Å². The number of rotatable bonds is 10. The summed E-state index contributed by atoms with van der Waals surface area (Å²) in [6, 6.07) is 4.98. The highest BCUT2D eigenvalue weighted by Crippen LogP contribution is 2.35. The molecule has 1 N–H and O–H groups in total. The van der Waals surface area contributed by atoms with Gasteiger partial charge in [-0.1, -0.05) is 27.7 Å². The van der Waals surface area contributed by atoms with E-state index < -0.39 is 17.7 Å². The summed E-state index contributed by atoms with van der Waals surface area (Å²) in [6.07, 6.45) is 6.48. The molecule has 1 atom stereocenters. The Bertz CT molecular complexity index is 1360. The number of hydrogen-bond acceptors (Lipinski definition) is 6. The Labute approximate surface area is 216 Å². The van der Waals surface area contributed by atoms with E-state index in [2.05, 4.69) is 33.9 Å². The first-order chi connectivity index (χ1) is 17.7. The average Bonchev–Trinajstić information content (AvgIpc) is 3.32. The van der Waals surface area contributed by atoms with Crippen molar-refractivity contribution in [3.8, 4) is 11.3 Å². The number of fused-ring (bicyclic) bond motifs is 1. The molecular weight excluding hydrogens is 474 g/mol. The van der Waals surface area contributed by atoms with Crippen LogP contribution in [0.5, 0.6) is 0 Å². The standard InChI is InChI=1S/C28H34F2N6O/c1-6-18-12-19(7-2)26(30)27(25(18)29)36(16-21(37)9-8-17(3)4)24-11-10-22-28(34-24)33-23(14-31-22)20-13-32-35(5)15-20/h10-15,17,21,37H,6-9,16H2,1-5H3.